The number of nitrogens with zero attached hydrogens (tertiary/aromatic N) is 1. The summed E-state index contributed by atoms with van der Waals surface area (Å²) >= 11 is 0. The molecule has 1 N–H and O–H groups in total. The molecule has 0 atom stereocenters. The Morgan fingerprint density at radius 2 is 1.78 bits per heavy atom. The summed E-state index contributed by atoms with van der Waals surface area (Å²) in [7, 11) is 0. The molecule has 0 heterocycles. The van der Waals surface area contributed by atoms with E-state index < -0.39 is 6.09 Å². The molecule has 1 amide bonds. The molecule has 0 saturated carbocycles. The summed E-state index contributed by atoms with van der Waals surface area (Å²) in [4.78, 5) is 11.4. The van der Waals surface area contributed by atoms with Gasteiger partial charge in [-0.3, -0.25) is 0 Å². The van der Waals surface area contributed by atoms with Crippen molar-refractivity contribution in [1.29, 1.82) is 0 Å². The van der Waals surface area contributed by atoms with Crippen molar-refractivity contribution in [3.8, 4) is 0 Å². The molecule has 0 radical (unpaired) electrons. The summed E-state index contributed by atoms with van der Waals surface area (Å²) in [5, 5.41) is 8.30. The third-order valence-electron chi connectivity index (χ3n) is 1.03. The minimum Gasteiger partial charge on any atom is -0.465 e. The van der Waals surface area contributed by atoms with Gasteiger partial charge in [-0.1, -0.05) is 0 Å². The van der Waals surface area contributed by atoms with E-state index >= 15 is 0 Å². The molecule has 52 valence electrons. The Kier molecular flexibility index (Phi) is 9.22. The van der Waals surface area contributed by atoms with Crippen LogP contribution in [0.2, 0.25) is 0 Å². The van der Waals surface area contributed by atoms with Crippen LogP contribution < -0.4 is 0 Å². The Morgan fingerprint density at radius 1 is 1.44 bits per heavy atom. The Bertz CT molecular complexity index is 83.0. The van der Waals surface area contributed by atoms with Gasteiger partial charge in [0.05, 0.1) is 0 Å². The van der Waals surface area contributed by atoms with E-state index in [1.165, 1.54) is 4.90 Å². The summed E-state index contributed by atoms with van der Waals surface area (Å²) in [6.45, 7) is 4.78. The van der Waals surface area contributed by atoms with Crippen LogP contribution in [0.4, 0.5) is 4.79 Å². The van der Waals surface area contributed by atoms with Gasteiger partial charge >= 0.3 is 6.09 Å². The molecular formula is C5H11NNdO2. The molecule has 0 spiro atoms. The molecule has 0 aliphatic carbocycles. The second kappa shape index (κ2) is 6.74. The normalized spacial score (nSPS) is 7.78. The summed E-state index contributed by atoms with van der Waals surface area (Å²) in [6, 6.07) is 0. The van der Waals surface area contributed by atoms with Crippen molar-refractivity contribution < 1.29 is 50.7 Å². The molecule has 0 unspecified atom stereocenters. The van der Waals surface area contributed by atoms with E-state index in [9.17, 15) is 4.79 Å². The average molecular weight is 261 g/mol. The number of hydrogen-bond acceptors (Lipinski definition) is 1. The summed E-state index contributed by atoms with van der Waals surface area (Å²) in [5.74, 6) is 0. The first kappa shape index (κ1) is 12.3. The number of carboxylic acid groups (broad SMARTS) is 1. The second-order valence-electron chi connectivity index (χ2n) is 1.45. The van der Waals surface area contributed by atoms with Crippen molar-refractivity contribution >= 4 is 6.09 Å². The molecule has 0 aromatic heterocycles. The van der Waals surface area contributed by atoms with Gasteiger partial charge in [0, 0.05) is 53.9 Å². The smallest absolute Gasteiger partial charge is 0.407 e. The van der Waals surface area contributed by atoms with Gasteiger partial charge in [0.2, 0.25) is 0 Å². The van der Waals surface area contributed by atoms with Crippen LogP contribution in [-0.4, -0.2) is 29.2 Å². The molecule has 0 bridgehead atoms. The van der Waals surface area contributed by atoms with E-state index in [2.05, 4.69) is 0 Å². The number of rotatable bonds is 2. The van der Waals surface area contributed by atoms with Gasteiger partial charge in [0.1, 0.15) is 0 Å². The van der Waals surface area contributed by atoms with Gasteiger partial charge in [-0.15, -0.1) is 0 Å². The van der Waals surface area contributed by atoms with E-state index in [1.807, 2.05) is 13.8 Å². The molecule has 3 nitrogen and oxygen atoms in total. The van der Waals surface area contributed by atoms with E-state index in [0.29, 0.717) is 13.1 Å². The molecule has 0 aliphatic rings. The third-order valence-corrected chi connectivity index (χ3v) is 1.03. The molecular weight excluding hydrogens is 250 g/mol. The standard InChI is InChI=1S/C5H11NO2.Nd/c1-3-6(4-2)5(7)8;/h3-4H2,1-2H3,(H,7,8);. The van der Waals surface area contributed by atoms with E-state index in [-0.39, 0.29) is 40.8 Å². The van der Waals surface area contributed by atoms with Crippen LogP contribution in [0.3, 0.4) is 0 Å². The van der Waals surface area contributed by atoms with Crippen molar-refractivity contribution in [2.75, 3.05) is 13.1 Å². The van der Waals surface area contributed by atoms with Gasteiger partial charge in [-0.2, -0.15) is 0 Å². The van der Waals surface area contributed by atoms with Gasteiger partial charge in [0.25, 0.3) is 0 Å². The van der Waals surface area contributed by atoms with Gasteiger partial charge in [0.15, 0.2) is 0 Å². The van der Waals surface area contributed by atoms with E-state index in [1.54, 1.807) is 0 Å². The fraction of sp³-hybridized carbons (Fsp3) is 0.800. The predicted molar refractivity (Wildman–Crippen MR) is 30.9 cm³/mol. The maximum absolute atomic E-state index is 10.1. The largest absolute Gasteiger partial charge is 0.465 e. The van der Waals surface area contributed by atoms with Crippen molar-refractivity contribution in [3.05, 3.63) is 0 Å². The van der Waals surface area contributed by atoms with E-state index in [0.717, 1.165) is 0 Å². The fourth-order valence-electron chi connectivity index (χ4n) is 0.494. The van der Waals surface area contributed by atoms with Gasteiger partial charge < -0.3 is 10.0 Å². The van der Waals surface area contributed by atoms with Crippen LogP contribution in [0.5, 0.6) is 0 Å². The van der Waals surface area contributed by atoms with Crippen molar-refractivity contribution in [2.45, 2.75) is 13.8 Å². The maximum Gasteiger partial charge on any atom is 0.407 e. The Hall–Kier alpha value is 0.621. The van der Waals surface area contributed by atoms with Crippen molar-refractivity contribution in [3.63, 3.8) is 0 Å². The average Bonchev–Trinajstić information content (AvgIpc) is 1.69. The first-order valence-corrected chi connectivity index (χ1v) is 2.70. The second-order valence-corrected chi connectivity index (χ2v) is 1.45. The molecule has 0 aromatic rings. The first-order valence-electron chi connectivity index (χ1n) is 2.70. The molecule has 0 aliphatic heterocycles. The van der Waals surface area contributed by atoms with Gasteiger partial charge in [-0.05, 0) is 13.8 Å². The Balaban J connectivity index is 0. The maximum atomic E-state index is 10.1. The first-order chi connectivity index (χ1) is 3.72. The number of carbonyl (C=O) groups is 1. The van der Waals surface area contributed by atoms with Crippen LogP contribution in [-0.2, 0) is 0 Å². The third kappa shape index (κ3) is 5.08. The van der Waals surface area contributed by atoms with Crippen LogP contribution in [0, 0.1) is 40.8 Å². The molecule has 0 rings (SSSR count). The topological polar surface area (TPSA) is 40.5 Å². The van der Waals surface area contributed by atoms with Crippen molar-refractivity contribution in [1.82, 2.24) is 4.90 Å². The molecule has 4 heteroatoms. The van der Waals surface area contributed by atoms with Crippen LogP contribution in [0.25, 0.3) is 0 Å². The van der Waals surface area contributed by atoms with Crippen molar-refractivity contribution in [2.24, 2.45) is 0 Å². The fourth-order valence-corrected chi connectivity index (χ4v) is 0.494. The molecule has 9 heavy (non-hydrogen) atoms. The van der Waals surface area contributed by atoms with Crippen LogP contribution in [0.15, 0.2) is 0 Å². The Morgan fingerprint density at radius 3 is 1.78 bits per heavy atom. The zero-order chi connectivity index (χ0) is 6.57. The zero-order valence-corrected chi connectivity index (χ0v) is 8.92. The number of hydrogen-bond donors (Lipinski definition) is 1. The zero-order valence-electron chi connectivity index (χ0n) is 5.72. The quantitative estimate of drug-likeness (QED) is 0.806. The summed E-state index contributed by atoms with van der Waals surface area (Å²) in [5.41, 5.74) is 0. The van der Waals surface area contributed by atoms with Crippen LogP contribution in [0.1, 0.15) is 13.8 Å². The minimum atomic E-state index is -0.838. The van der Waals surface area contributed by atoms with Crippen LogP contribution >= 0.6 is 0 Å². The predicted octanol–water partition coefficient (Wildman–Crippen LogP) is 1.01. The molecule has 0 saturated heterocycles. The van der Waals surface area contributed by atoms with E-state index in [4.69, 9.17) is 5.11 Å². The molecule has 0 aromatic carbocycles. The van der Waals surface area contributed by atoms with Gasteiger partial charge in [-0.25, -0.2) is 4.79 Å². The number of amides is 1. The summed E-state index contributed by atoms with van der Waals surface area (Å²) in [6.07, 6.45) is -0.838. The monoisotopic (exact) mass is 259 g/mol. The minimum absolute atomic E-state index is 0. The SMILES string of the molecule is CCN(CC)C(=O)O.[Nd]. The molecule has 0 fully saturated rings. The Labute approximate surface area is 87.9 Å². The summed E-state index contributed by atoms with van der Waals surface area (Å²) < 4.78 is 0.